The molecule has 0 aromatic carbocycles. The lowest BCUT2D eigenvalue weighted by Gasteiger charge is -2.15. The quantitative estimate of drug-likeness (QED) is 0.522. The van der Waals surface area contributed by atoms with E-state index in [0.717, 1.165) is 0 Å². The lowest BCUT2D eigenvalue weighted by Crippen LogP contribution is -2.39. The first-order chi connectivity index (χ1) is 4.04. The van der Waals surface area contributed by atoms with E-state index in [-0.39, 0.29) is 6.04 Å². The zero-order valence-corrected chi connectivity index (χ0v) is 5.79. The monoisotopic (exact) mass is 131 g/mol. The highest BCUT2D eigenvalue weighted by atomic mass is 16.2. The minimum atomic E-state index is -0.438. The van der Waals surface area contributed by atoms with Gasteiger partial charge in [-0.3, -0.25) is 0 Å². The van der Waals surface area contributed by atoms with Crippen molar-refractivity contribution in [3.8, 4) is 0 Å². The van der Waals surface area contributed by atoms with Crippen molar-refractivity contribution in [1.29, 1.82) is 0 Å². The number of nitrogens with zero attached hydrogens (tertiary/aromatic N) is 1. The first-order valence-electron chi connectivity index (χ1n) is 2.80. The van der Waals surface area contributed by atoms with Gasteiger partial charge < -0.3 is 16.4 Å². The minimum absolute atomic E-state index is 0.0116. The maximum absolute atomic E-state index is 10.3. The molecule has 0 aliphatic heterocycles. The van der Waals surface area contributed by atoms with Crippen molar-refractivity contribution in [2.24, 2.45) is 11.5 Å². The van der Waals surface area contributed by atoms with Crippen molar-refractivity contribution >= 4 is 6.03 Å². The number of amides is 2. The van der Waals surface area contributed by atoms with E-state index < -0.39 is 6.03 Å². The van der Waals surface area contributed by atoms with Crippen molar-refractivity contribution in [3.05, 3.63) is 0 Å². The smallest absolute Gasteiger partial charge is 0.314 e. The summed E-state index contributed by atoms with van der Waals surface area (Å²) in [5, 5.41) is 0. The van der Waals surface area contributed by atoms with Crippen molar-refractivity contribution in [2.45, 2.75) is 13.0 Å². The Morgan fingerprint density at radius 1 is 1.78 bits per heavy atom. The number of carbonyl (C=O) groups excluding carboxylic acids is 1. The molecule has 0 saturated heterocycles. The highest BCUT2D eigenvalue weighted by molar-refractivity contribution is 5.71. The van der Waals surface area contributed by atoms with Crippen LogP contribution in [0.3, 0.4) is 0 Å². The molecule has 54 valence electrons. The zero-order valence-electron chi connectivity index (χ0n) is 5.79. The van der Waals surface area contributed by atoms with Gasteiger partial charge in [-0.25, -0.2) is 4.79 Å². The van der Waals surface area contributed by atoms with E-state index in [2.05, 4.69) is 0 Å². The van der Waals surface area contributed by atoms with E-state index in [0.29, 0.717) is 6.54 Å². The average molecular weight is 131 g/mol. The Morgan fingerprint density at radius 3 is 2.33 bits per heavy atom. The molecule has 4 N–H and O–H groups in total. The zero-order chi connectivity index (χ0) is 7.44. The van der Waals surface area contributed by atoms with Crippen LogP contribution < -0.4 is 11.5 Å². The molecule has 0 aromatic rings. The summed E-state index contributed by atoms with van der Waals surface area (Å²) in [7, 11) is 1.62. The molecule has 1 atom stereocenters. The van der Waals surface area contributed by atoms with Crippen LogP contribution in [0.2, 0.25) is 0 Å². The normalized spacial score (nSPS) is 12.8. The van der Waals surface area contributed by atoms with Gasteiger partial charge in [0.25, 0.3) is 0 Å². The van der Waals surface area contributed by atoms with Crippen LogP contribution in [-0.2, 0) is 0 Å². The third kappa shape index (κ3) is 3.78. The van der Waals surface area contributed by atoms with Gasteiger partial charge in [0, 0.05) is 19.6 Å². The van der Waals surface area contributed by atoms with Crippen molar-refractivity contribution in [2.75, 3.05) is 13.6 Å². The Morgan fingerprint density at radius 2 is 2.22 bits per heavy atom. The minimum Gasteiger partial charge on any atom is -0.351 e. The van der Waals surface area contributed by atoms with E-state index in [1.807, 2.05) is 6.92 Å². The molecule has 0 radical (unpaired) electrons. The van der Waals surface area contributed by atoms with Crippen LogP contribution in [0.4, 0.5) is 4.79 Å². The molecular weight excluding hydrogens is 118 g/mol. The molecule has 9 heavy (non-hydrogen) atoms. The van der Waals surface area contributed by atoms with Crippen molar-refractivity contribution < 1.29 is 4.79 Å². The highest BCUT2D eigenvalue weighted by Crippen LogP contribution is 1.82. The third-order valence-corrected chi connectivity index (χ3v) is 0.938. The summed E-state index contributed by atoms with van der Waals surface area (Å²) < 4.78 is 0. The lowest BCUT2D eigenvalue weighted by molar-refractivity contribution is 0.216. The molecule has 2 amide bonds. The maximum Gasteiger partial charge on any atom is 0.314 e. The number of hydrogen-bond donors (Lipinski definition) is 2. The van der Waals surface area contributed by atoms with Gasteiger partial charge >= 0.3 is 6.03 Å². The lowest BCUT2D eigenvalue weighted by atomic mass is 10.3. The average Bonchev–Trinajstić information content (AvgIpc) is 1.63. The molecule has 0 spiro atoms. The second-order valence-corrected chi connectivity index (χ2v) is 2.20. The van der Waals surface area contributed by atoms with Crippen LogP contribution in [0.5, 0.6) is 0 Å². The third-order valence-electron chi connectivity index (χ3n) is 0.938. The topological polar surface area (TPSA) is 72.3 Å². The van der Waals surface area contributed by atoms with Gasteiger partial charge in [-0.2, -0.15) is 0 Å². The second-order valence-electron chi connectivity index (χ2n) is 2.20. The summed E-state index contributed by atoms with van der Waals surface area (Å²) in [6, 6.07) is -0.449. The number of rotatable bonds is 2. The molecule has 0 saturated carbocycles. The van der Waals surface area contributed by atoms with Crippen molar-refractivity contribution in [1.82, 2.24) is 4.90 Å². The largest absolute Gasteiger partial charge is 0.351 e. The molecule has 4 nitrogen and oxygen atoms in total. The first-order valence-corrected chi connectivity index (χ1v) is 2.80. The SMILES string of the molecule is CC(N)CN(C)C(N)=O. The summed E-state index contributed by atoms with van der Waals surface area (Å²) in [5.74, 6) is 0. The Kier molecular flexibility index (Phi) is 3.01. The number of urea groups is 1. The summed E-state index contributed by atoms with van der Waals surface area (Å²) in [6.07, 6.45) is 0. The molecule has 0 aromatic heterocycles. The van der Waals surface area contributed by atoms with Crippen LogP contribution in [0.25, 0.3) is 0 Å². The van der Waals surface area contributed by atoms with E-state index >= 15 is 0 Å². The maximum atomic E-state index is 10.3. The summed E-state index contributed by atoms with van der Waals surface area (Å²) in [5.41, 5.74) is 10.3. The van der Waals surface area contributed by atoms with Crippen LogP contribution in [0.1, 0.15) is 6.92 Å². The molecule has 0 aliphatic carbocycles. The second kappa shape index (κ2) is 3.29. The Bertz CT molecular complexity index is 102. The number of primary amides is 1. The molecule has 0 fully saturated rings. The summed E-state index contributed by atoms with van der Waals surface area (Å²) in [4.78, 5) is 11.7. The van der Waals surface area contributed by atoms with Crippen LogP contribution in [0, 0.1) is 0 Å². The van der Waals surface area contributed by atoms with Gasteiger partial charge in [-0.15, -0.1) is 0 Å². The molecular formula is C5H13N3O. The fourth-order valence-corrected chi connectivity index (χ4v) is 0.522. The van der Waals surface area contributed by atoms with Crippen LogP contribution >= 0.6 is 0 Å². The highest BCUT2D eigenvalue weighted by Gasteiger charge is 2.03. The van der Waals surface area contributed by atoms with E-state index in [1.54, 1.807) is 7.05 Å². The molecule has 4 heteroatoms. The van der Waals surface area contributed by atoms with E-state index in [4.69, 9.17) is 11.5 Å². The fraction of sp³-hybridized carbons (Fsp3) is 0.800. The first kappa shape index (κ1) is 8.23. The molecule has 0 heterocycles. The molecule has 1 unspecified atom stereocenters. The van der Waals surface area contributed by atoms with Crippen molar-refractivity contribution in [3.63, 3.8) is 0 Å². The van der Waals surface area contributed by atoms with Crippen LogP contribution in [0.15, 0.2) is 0 Å². The Labute approximate surface area is 54.8 Å². The predicted octanol–water partition coefficient (Wildman–Crippen LogP) is -0.656. The van der Waals surface area contributed by atoms with E-state index in [1.165, 1.54) is 4.90 Å². The van der Waals surface area contributed by atoms with Crippen LogP contribution in [-0.4, -0.2) is 30.6 Å². The van der Waals surface area contributed by atoms with Gasteiger partial charge in [-0.1, -0.05) is 0 Å². The van der Waals surface area contributed by atoms with Gasteiger partial charge in [0.05, 0.1) is 0 Å². The number of nitrogens with two attached hydrogens (primary N) is 2. The Balaban J connectivity index is 3.50. The predicted molar refractivity (Wildman–Crippen MR) is 35.9 cm³/mol. The van der Waals surface area contributed by atoms with Gasteiger partial charge in [0.15, 0.2) is 0 Å². The molecule has 0 rings (SSSR count). The molecule has 0 aliphatic rings. The number of likely N-dealkylation sites (N-methyl/N-ethyl adjacent to an activating group) is 1. The fourth-order valence-electron chi connectivity index (χ4n) is 0.522. The summed E-state index contributed by atoms with van der Waals surface area (Å²) >= 11 is 0. The van der Waals surface area contributed by atoms with Gasteiger partial charge in [0.1, 0.15) is 0 Å². The number of carbonyl (C=O) groups is 1. The van der Waals surface area contributed by atoms with Gasteiger partial charge in [0.2, 0.25) is 0 Å². The molecule has 0 bridgehead atoms. The van der Waals surface area contributed by atoms with Gasteiger partial charge in [-0.05, 0) is 6.92 Å². The summed E-state index contributed by atoms with van der Waals surface area (Å²) in [6.45, 7) is 2.33. The standard InChI is InChI=1S/C5H13N3O/c1-4(6)3-8(2)5(7)9/h4H,3,6H2,1-2H3,(H2,7,9). The Hall–Kier alpha value is -0.770. The van der Waals surface area contributed by atoms with E-state index in [9.17, 15) is 4.79 Å². The number of hydrogen-bond acceptors (Lipinski definition) is 2.